The van der Waals surface area contributed by atoms with Gasteiger partial charge in [0.2, 0.25) is 0 Å². The number of hydrogen-bond donors (Lipinski definition) is 0. The Labute approximate surface area is 84.5 Å². The SMILES string of the molecule is CCCCN(C)C(C)C(CC)CC. The average molecular weight is 185 g/mol. The van der Waals surface area contributed by atoms with Crippen LogP contribution in [0.3, 0.4) is 0 Å². The van der Waals surface area contributed by atoms with Crippen molar-refractivity contribution in [3.8, 4) is 0 Å². The van der Waals surface area contributed by atoms with E-state index in [2.05, 4.69) is 39.6 Å². The second-order valence-electron chi connectivity index (χ2n) is 4.15. The lowest BCUT2D eigenvalue weighted by Gasteiger charge is -2.30. The van der Waals surface area contributed by atoms with E-state index in [1.54, 1.807) is 0 Å². The van der Waals surface area contributed by atoms with Crippen molar-refractivity contribution >= 4 is 0 Å². The minimum atomic E-state index is 0.751. The van der Waals surface area contributed by atoms with Gasteiger partial charge in [0.15, 0.2) is 0 Å². The molecular formula is C12H27N. The molecule has 0 aromatic rings. The molecule has 0 rings (SSSR count). The predicted molar refractivity (Wildman–Crippen MR) is 61.1 cm³/mol. The summed E-state index contributed by atoms with van der Waals surface area (Å²) in [5, 5.41) is 0. The van der Waals surface area contributed by atoms with Crippen molar-refractivity contribution in [3.63, 3.8) is 0 Å². The highest BCUT2D eigenvalue weighted by Crippen LogP contribution is 2.17. The molecule has 0 bridgehead atoms. The Morgan fingerprint density at radius 1 is 1.08 bits per heavy atom. The van der Waals surface area contributed by atoms with Crippen LogP contribution in [-0.4, -0.2) is 24.5 Å². The van der Waals surface area contributed by atoms with E-state index in [0.29, 0.717) is 0 Å². The Bertz CT molecular complexity index is 108. The summed E-state index contributed by atoms with van der Waals surface area (Å²) in [6.07, 6.45) is 5.27. The third kappa shape index (κ3) is 4.66. The van der Waals surface area contributed by atoms with E-state index >= 15 is 0 Å². The molecule has 0 amide bonds. The summed E-state index contributed by atoms with van der Waals surface area (Å²) in [6, 6.07) is 0.751. The first kappa shape index (κ1) is 13.0. The summed E-state index contributed by atoms with van der Waals surface area (Å²) in [5.41, 5.74) is 0. The van der Waals surface area contributed by atoms with Gasteiger partial charge in [0.25, 0.3) is 0 Å². The Morgan fingerprint density at radius 3 is 2.00 bits per heavy atom. The maximum absolute atomic E-state index is 2.52. The molecule has 1 unspecified atom stereocenters. The number of unbranched alkanes of at least 4 members (excludes halogenated alkanes) is 1. The molecule has 0 N–H and O–H groups in total. The molecule has 0 aliphatic carbocycles. The van der Waals surface area contributed by atoms with Gasteiger partial charge in [-0.1, -0.05) is 40.0 Å². The van der Waals surface area contributed by atoms with Crippen molar-refractivity contribution in [2.24, 2.45) is 5.92 Å². The van der Waals surface area contributed by atoms with Gasteiger partial charge in [0.05, 0.1) is 0 Å². The Morgan fingerprint density at radius 2 is 1.62 bits per heavy atom. The molecule has 1 nitrogen and oxygen atoms in total. The van der Waals surface area contributed by atoms with Gasteiger partial charge in [-0.25, -0.2) is 0 Å². The lowest BCUT2D eigenvalue weighted by atomic mass is 9.94. The lowest BCUT2D eigenvalue weighted by Crippen LogP contribution is -2.35. The number of rotatable bonds is 7. The first-order chi connectivity index (χ1) is 6.17. The smallest absolute Gasteiger partial charge is 0.00919 e. The second kappa shape index (κ2) is 7.37. The third-order valence-electron chi connectivity index (χ3n) is 3.29. The van der Waals surface area contributed by atoms with E-state index in [0.717, 1.165) is 12.0 Å². The number of nitrogens with zero attached hydrogens (tertiary/aromatic N) is 1. The Hall–Kier alpha value is -0.0400. The molecule has 1 atom stereocenters. The maximum atomic E-state index is 2.52. The van der Waals surface area contributed by atoms with Gasteiger partial charge in [-0.05, 0) is 32.9 Å². The van der Waals surface area contributed by atoms with Crippen molar-refractivity contribution in [3.05, 3.63) is 0 Å². The zero-order valence-corrected chi connectivity index (χ0v) is 10.1. The molecule has 80 valence electrons. The third-order valence-corrected chi connectivity index (χ3v) is 3.29. The van der Waals surface area contributed by atoms with Gasteiger partial charge < -0.3 is 4.90 Å². The van der Waals surface area contributed by atoms with Crippen LogP contribution in [0.1, 0.15) is 53.4 Å². The number of hydrogen-bond acceptors (Lipinski definition) is 1. The summed E-state index contributed by atoms with van der Waals surface area (Å²) in [5.74, 6) is 0.877. The fraction of sp³-hybridized carbons (Fsp3) is 1.00. The molecule has 0 saturated heterocycles. The van der Waals surface area contributed by atoms with Crippen molar-refractivity contribution in [1.29, 1.82) is 0 Å². The predicted octanol–water partition coefficient (Wildman–Crippen LogP) is 3.54. The molecule has 0 spiro atoms. The van der Waals surface area contributed by atoms with Gasteiger partial charge >= 0.3 is 0 Å². The highest BCUT2D eigenvalue weighted by molar-refractivity contribution is 4.71. The molecule has 0 aliphatic rings. The quantitative estimate of drug-likeness (QED) is 0.586. The zero-order chi connectivity index (χ0) is 10.3. The van der Waals surface area contributed by atoms with E-state index in [1.165, 1.54) is 32.2 Å². The zero-order valence-electron chi connectivity index (χ0n) is 10.1. The highest BCUT2D eigenvalue weighted by atomic mass is 15.1. The molecule has 1 heteroatoms. The van der Waals surface area contributed by atoms with Crippen molar-refractivity contribution in [1.82, 2.24) is 4.90 Å². The fourth-order valence-electron chi connectivity index (χ4n) is 1.94. The topological polar surface area (TPSA) is 3.24 Å². The first-order valence-electron chi connectivity index (χ1n) is 5.87. The van der Waals surface area contributed by atoms with Gasteiger partial charge in [-0.2, -0.15) is 0 Å². The standard InChI is InChI=1S/C12H27N/c1-6-9-10-13(5)11(4)12(7-2)8-3/h11-12H,6-10H2,1-5H3. The summed E-state index contributed by atoms with van der Waals surface area (Å²) in [6.45, 7) is 10.5. The van der Waals surface area contributed by atoms with Gasteiger partial charge in [0.1, 0.15) is 0 Å². The van der Waals surface area contributed by atoms with Crippen molar-refractivity contribution in [2.75, 3.05) is 13.6 Å². The van der Waals surface area contributed by atoms with Crippen LogP contribution in [0.25, 0.3) is 0 Å². The highest BCUT2D eigenvalue weighted by Gasteiger charge is 2.16. The van der Waals surface area contributed by atoms with Crippen molar-refractivity contribution < 1.29 is 0 Å². The van der Waals surface area contributed by atoms with Crippen LogP contribution >= 0.6 is 0 Å². The van der Waals surface area contributed by atoms with Gasteiger partial charge in [-0.15, -0.1) is 0 Å². The molecule has 0 heterocycles. The van der Waals surface area contributed by atoms with Crippen LogP contribution in [0.4, 0.5) is 0 Å². The lowest BCUT2D eigenvalue weighted by molar-refractivity contribution is 0.180. The fourth-order valence-corrected chi connectivity index (χ4v) is 1.94. The van der Waals surface area contributed by atoms with Crippen LogP contribution in [0.5, 0.6) is 0 Å². The van der Waals surface area contributed by atoms with Gasteiger partial charge in [0, 0.05) is 6.04 Å². The minimum absolute atomic E-state index is 0.751. The molecule has 13 heavy (non-hydrogen) atoms. The van der Waals surface area contributed by atoms with E-state index in [1.807, 2.05) is 0 Å². The van der Waals surface area contributed by atoms with Crippen LogP contribution in [0, 0.1) is 5.92 Å². The molecule has 0 aromatic carbocycles. The Balaban J connectivity index is 3.83. The van der Waals surface area contributed by atoms with E-state index in [9.17, 15) is 0 Å². The first-order valence-corrected chi connectivity index (χ1v) is 5.87. The molecule has 0 radical (unpaired) electrons. The average Bonchev–Trinajstić information content (AvgIpc) is 2.15. The van der Waals surface area contributed by atoms with Crippen LogP contribution in [0.15, 0.2) is 0 Å². The van der Waals surface area contributed by atoms with Crippen LogP contribution in [0.2, 0.25) is 0 Å². The monoisotopic (exact) mass is 185 g/mol. The second-order valence-corrected chi connectivity index (χ2v) is 4.15. The summed E-state index contributed by atoms with van der Waals surface area (Å²) >= 11 is 0. The van der Waals surface area contributed by atoms with E-state index < -0.39 is 0 Å². The molecule has 0 aliphatic heterocycles. The summed E-state index contributed by atoms with van der Waals surface area (Å²) in [4.78, 5) is 2.52. The molecular weight excluding hydrogens is 158 g/mol. The normalized spacial score (nSPS) is 14.1. The van der Waals surface area contributed by atoms with E-state index in [-0.39, 0.29) is 0 Å². The minimum Gasteiger partial charge on any atom is -0.303 e. The summed E-state index contributed by atoms with van der Waals surface area (Å²) < 4.78 is 0. The van der Waals surface area contributed by atoms with Crippen molar-refractivity contribution in [2.45, 2.75) is 59.4 Å². The van der Waals surface area contributed by atoms with Gasteiger partial charge in [-0.3, -0.25) is 0 Å². The molecule has 0 aromatic heterocycles. The van der Waals surface area contributed by atoms with Crippen LogP contribution < -0.4 is 0 Å². The van der Waals surface area contributed by atoms with Crippen LogP contribution in [-0.2, 0) is 0 Å². The maximum Gasteiger partial charge on any atom is 0.00919 e. The largest absolute Gasteiger partial charge is 0.303 e. The molecule has 0 fully saturated rings. The molecule has 0 saturated carbocycles. The Kier molecular flexibility index (Phi) is 7.35. The van der Waals surface area contributed by atoms with E-state index in [4.69, 9.17) is 0 Å². The summed E-state index contributed by atoms with van der Waals surface area (Å²) in [7, 11) is 2.26.